The third kappa shape index (κ3) is 3.05. The van der Waals surface area contributed by atoms with Crippen molar-refractivity contribution in [3.63, 3.8) is 0 Å². The quantitative estimate of drug-likeness (QED) is 0.825. The number of benzene rings is 1. The van der Waals surface area contributed by atoms with Gasteiger partial charge in [0.15, 0.2) is 0 Å². The van der Waals surface area contributed by atoms with Crippen molar-refractivity contribution in [3.8, 4) is 0 Å². The molecule has 7 nitrogen and oxygen atoms in total. The molecule has 1 aliphatic heterocycles. The maximum atomic E-state index is 12.3. The summed E-state index contributed by atoms with van der Waals surface area (Å²) in [6.45, 7) is 1.98. The molecular formula is C16H20N4O3. The number of nitrogens with zero attached hydrogens (tertiary/aromatic N) is 2. The van der Waals surface area contributed by atoms with Gasteiger partial charge in [-0.3, -0.25) is 19.1 Å². The van der Waals surface area contributed by atoms with Crippen LogP contribution in [0.5, 0.6) is 0 Å². The Hall–Kier alpha value is -2.41. The SMILES string of the molecule is CN(C(=O)CCn1c(=O)[nH]c(=O)c2ccccc21)[C@@H]1CCNC1. The molecule has 0 unspecified atom stereocenters. The van der Waals surface area contributed by atoms with Gasteiger partial charge in [-0.15, -0.1) is 0 Å². The van der Waals surface area contributed by atoms with Crippen molar-refractivity contribution in [1.29, 1.82) is 0 Å². The Labute approximate surface area is 132 Å². The van der Waals surface area contributed by atoms with E-state index in [4.69, 9.17) is 0 Å². The van der Waals surface area contributed by atoms with Crippen LogP contribution in [0.1, 0.15) is 12.8 Å². The summed E-state index contributed by atoms with van der Waals surface area (Å²) in [4.78, 5) is 40.3. The average molecular weight is 316 g/mol. The Balaban J connectivity index is 1.81. The van der Waals surface area contributed by atoms with Gasteiger partial charge in [0.1, 0.15) is 0 Å². The zero-order valence-electron chi connectivity index (χ0n) is 13.0. The summed E-state index contributed by atoms with van der Waals surface area (Å²) in [5.74, 6) is 0.000816. The van der Waals surface area contributed by atoms with Crippen molar-refractivity contribution in [2.45, 2.75) is 25.4 Å². The van der Waals surface area contributed by atoms with Crippen LogP contribution in [-0.4, -0.2) is 46.5 Å². The number of carbonyl (C=O) groups is 1. The van der Waals surface area contributed by atoms with Crippen LogP contribution < -0.4 is 16.6 Å². The first kappa shape index (κ1) is 15.5. The van der Waals surface area contributed by atoms with Crippen molar-refractivity contribution >= 4 is 16.8 Å². The van der Waals surface area contributed by atoms with E-state index in [0.29, 0.717) is 10.9 Å². The molecule has 1 aromatic carbocycles. The lowest BCUT2D eigenvalue weighted by molar-refractivity contribution is -0.131. The number of hydrogen-bond donors (Lipinski definition) is 2. The lowest BCUT2D eigenvalue weighted by atomic mass is 10.2. The molecule has 0 radical (unpaired) electrons. The number of likely N-dealkylation sites (N-methyl/N-ethyl adjacent to an activating group) is 1. The summed E-state index contributed by atoms with van der Waals surface area (Å²) in [7, 11) is 1.80. The number of fused-ring (bicyclic) bond motifs is 1. The number of aromatic nitrogens is 2. The molecule has 3 rings (SSSR count). The number of aryl methyl sites for hydroxylation is 1. The molecule has 2 heterocycles. The molecule has 1 aromatic heterocycles. The highest BCUT2D eigenvalue weighted by Gasteiger charge is 2.23. The molecule has 1 aliphatic rings. The van der Waals surface area contributed by atoms with Crippen LogP contribution in [0.15, 0.2) is 33.9 Å². The molecule has 7 heteroatoms. The number of hydrogen-bond acceptors (Lipinski definition) is 4. The predicted octanol–water partition coefficient (Wildman–Crippen LogP) is -0.0998. The predicted molar refractivity (Wildman–Crippen MR) is 87.5 cm³/mol. The van der Waals surface area contributed by atoms with E-state index < -0.39 is 11.2 Å². The van der Waals surface area contributed by atoms with E-state index in [1.54, 1.807) is 36.2 Å². The summed E-state index contributed by atoms with van der Waals surface area (Å²) in [5.41, 5.74) is -0.326. The Morgan fingerprint density at radius 3 is 2.87 bits per heavy atom. The summed E-state index contributed by atoms with van der Waals surface area (Å²) in [5, 5.41) is 3.68. The molecule has 2 N–H and O–H groups in total. The Morgan fingerprint density at radius 2 is 2.13 bits per heavy atom. The van der Waals surface area contributed by atoms with Crippen LogP contribution in [-0.2, 0) is 11.3 Å². The van der Waals surface area contributed by atoms with Crippen LogP contribution in [0.2, 0.25) is 0 Å². The zero-order chi connectivity index (χ0) is 16.4. The maximum absolute atomic E-state index is 12.3. The second-order valence-electron chi connectivity index (χ2n) is 5.83. The van der Waals surface area contributed by atoms with Crippen LogP contribution in [0, 0.1) is 0 Å². The third-order valence-corrected chi connectivity index (χ3v) is 4.43. The van der Waals surface area contributed by atoms with E-state index in [2.05, 4.69) is 10.3 Å². The third-order valence-electron chi connectivity index (χ3n) is 4.43. The van der Waals surface area contributed by atoms with Crippen LogP contribution in [0.4, 0.5) is 0 Å². The van der Waals surface area contributed by atoms with E-state index in [0.717, 1.165) is 19.5 Å². The molecule has 2 aromatic rings. The molecule has 0 aliphatic carbocycles. The van der Waals surface area contributed by atoms with Gasteiger partial charge in [0.2, 0.25) is 5.91 Å². The average Bonchev–Trinajstić information content (AvgIpc) is 3.08. The van der Waals surface area contributed by atoms with Gasteiger partial charge in [-0.1, -0.05) is 12.1 Å². The number of nitrogens with one attached hydrogen (secondary N) is 2. The molecule has 1 fully saturated rings. The number of H-pyrrole nitrogens is 1. The molecule has 0 saturated carbocycles. The fraction of sp³-hybridized carbons (Fsp3) is 0.438. The van der Waals surface area contributed by atoms with Crippen molar-refractivity contribution in [1.82, 2.24) is 19.8 Å². The highest BCUT2D eigenvalue weighted by atomic mass is 16.2. The maximum Gasteiger partial charge on any atom is 0.328 e. The van der Waals surface area contributed by atoms with Crippen LogP contribution >= 0.6 is 0 Å². The van der Waals surface area contributed by atoms with Crippen LogP contribution in [0.25, 0.3) is 10.9 Å². The number of para-hydroxylation sites is 1. The van der Waals surface area contributed by atoms with Gasteiger partial charge in [0, 0.05) is 32.6 Å². The minimum atomic E-state index is -0.480. The summed E-state index contributed by atoms with van der Waals surface area (Å²) < 4.78 is 1.45. The molecule has 122 valence electrons. The number of rotatable bonds is 4. The lowest BCUT2D eigenvalue weighted by Gasteiger charge is -2.24. The second-order valence-corrected chi connectivity index (χ2v) is 5.83. The lowest BCUT2D eigenvalue weighted by Crippen LogP contribution is -2.39. The molecule has 0 bridgehead atoms. The minimum Gasteiger partial charge on any atom is -0.341 e. The van der Waals surface area contributed by atoms with Gasteiger partial charge in [0.25, 0.3) is 5.56 Å². The molecule has 1 atom stereocenters. The van der Waals surface area contributed by atoms with Gasteiger partial charge in [-0.2, -0.15) is 0 Å². The Morgan fingerprint density at radius 1 is 1.35 bits per heavy atom. The van der Waals surface area contributed by atoms with E-state index in [-0.39, 0.29) is 24.9 Å². The fourth-order valence-corrected chi connectivity index (χ4v) is 3.02. The molecule has 23 heavy (non-hydrogen) atoms. The first-order chi connectivity index (χ1) is 11.1. The van der Waals surface area contributed by atoms with Crippen molar-refractivity contribution in [3.05, 3.63) is 45.1 Å². The summed E-state index contributed by atoms with van der Waals surface area (Å²) >= 11 is 0. The fourth-order valence-electron chi connectivity index (χ4n) is 3.02. The largest absolute Gasteiger partial charge is 0.341 e. The normalized spacial score (nSPS) is 17.5. The number of carbonyl (C=O) groups excluding carboxylic acids is 1. The molecule has 0 spiro atoms. The van der Waals surface area contributed by atoms with Crippen molar-refractivity contribution in [2.24, 2.45) is 0 Å². The number of aromatic amines is 1. The summed E-state index contributed by atoms with van der Waals surface area (Å²) in [6.07, 6.45) is 1.17. The molecule has 1 saturated heterocycles. The molecular weight excluding hydrogens is 296 g/mol. The highest BCUT2D eigenvalue weighted by Crippen LogP contribution is 2.10. The van der Waals surface area contributed by atoms with E-state index >= 15 is 0 Å². The topological polar surface area (TPSA) is 87.2 Å². The first-order valence-corrected chi connectivity index (χ1v) is 7.76. The minimum absolute atomic E-state index is 0.000816. The second kappa shape index (κ2) is 6.37. The highest BCUT2D eigenvalue weighted by molar-refractivity contribution is 5.79. The van der Waals surface area contributed by atoms with Gasteiger partial charge in [-0.25, -0.2) is 4.79 Å². The van der Waals surface area contributed by atoms with E-state index in [9.17, 15) is 14.4 Å². The van der Waals surface area contributed by atoms with Gasteiger partial charge < -0.3 is 10.2 Å². The molecule has 1 amide bonds. The van der Waals surface area contributed by atoms with Crippen molar-refractivity contribution in [2.75, 3.05) is 20.1 Å². The zero-order valence-corrected chi connectivity index (χ0v) is 13.0. The van der Waals surface area contributed by atoms with Gasteiger partial charge in [0.05, 0.1) is 10.9 Å². The van der Waals surface area contributed by atoms with Crippen molar-refractivity contribution < 1.29 is 4.79 Å². The van der Waals surface area contributed by atoms with Crippen LogP contribution in [0.3, 0.4) is 0 Å². The standard InChI is InChI=1S/C16H20N4O3/c1-19(11-6-8-17-10-11)14(21)7-9-20-13-5-3-2-4-12(13)15(22)18-16(20)23/h2-5,11,17H,6-10H2,1H3,(H,18,22,23)/t11-/m1/s1. The first-order valence-electron chi connectivity index (χ1n) is 7.76. The monoisotopic (exact) mass is 316 g/mol. The van der Waals surface area contributed by atoms with E-state index in [1.165, 1.54) is 4.57 Å². The summed E-state index contributed by atoms with van der Waals surface area (Å²) in [6, 6.07) is 7.13. The van der Waals surface area contributed by atoms with Gasteiger partial charge in [-0.05, 0) is 25.1 Å². The van der Waals surface area contributed by atoms with Gasteiger partial charge >= 0.3 is 5.69 Å². The number of amides is 1. The Kier molecular flexibility index (Phi) is 4.29. The smallest absolute Gasteiger partial charge is 0.328 e. The van der Waals surface area contributed by atoms with E-state index in [1.807, 2.05) is 0 Å². The Bertz CT molecular complexity index is 833.